The molecular weight excluding hydrogens is 420 g/mol. The molecule has 0 aliphatic carbocycles. The van der Waals surface area contributed by atoms with Crippen molar-refractivity contribution < 1.29 is 23.9 Å². The molecule has 0 spiro atoms. The Labute approximate surface area is 193 Å². The monoisotopic (exact) mass is 448 g/mol. The predicted molar refractivity (Wildman–Crippen MR) is 125 cm³/mol. The number of nitrogens with zero attached hydrogens (tertiary/aromatic N) is 1. The standard InChI is InChI=1S/C26H28N2O5/c1-17-23(25(27)30)24(19-9-11-20(12-10-19)26(31)33-3)21(13-14-22(29)32-2)28(17)16-15-18-7-5-4-6-8-18/h4-12H,13-16H2,1-3H3,(H2,27,30). The summed E-state index contributed by atoms with van der Waals surface area (Å²) in [5, 5.41) is 0. The van der Waals surface area contributed by atoms with Gasteiger partial charge in [-0.05, 0) is 43.0 Å². The summed E-state index contributed by atoms with van der Waals surface area (Å²) in [6.07, 6.45) is 1.29. The number of esters is 2. The molecule has 2 N–H and O–H groups in total. The third-order valence-electron chi connectivity index (χ3n) is 5.73. The summed E-state index contributed by atoms with van der Waals surface area (Å²) in [5.41, 5.74) is 10.8. The Hall–Kier alpha value is -3.87. The van der Waals surface area contributed by atoms with Crippen molar-refractivity contribution in [3.63, 3.8) is 0 Å². The van der Waals surface area contributed by atoms with Crippen molar-refractivity contribution in [2.45, 2.75) is 32.7 Å². The van der Waals surface area contributed by atoms with E-state index in [9.17, 15) is 14.4 Å². The SMILES string of the molecule is COC(=O)CCc1c(-c2ccc(C(=O)OC)cc2)c(C(N)=O)c(C)n1CCc1ccccc1. The van der Waals surface area contributed by atoms with Gasteiger partial charge in [-0.15, -0.1) is 0 Å². The van der Waals surface area contributed by atoms with Gasteiger partial charge in [-0.1, -0.05) is 42.5 Å². The summed E-state index contributed by atoms with van der Waals surface area (Å²) in [7, 11) is 2.67. The fourth-order valence-corrected chi connectivity index (χ4v) is 4.07. The number of hydrogen-bond acceptors (Lipinski definition) is 5. The predicted octanol–water partition coefficient (Wildman–Crippen LogP) is 3.70. The zero-order valence-electron chi connectivity index (χ0n) is 19.1. The molecule has 1 aromatic heterocycles. The number of benzene rings is 2. The van der Waals surface area contributed by atoms with Crippen LogP contribution in [0.4, 0.5) is 0 Å². The van der Waals surface area contributed by atoms with Crippen LogP contribution in [0.3, 0.4) is 0 Å². The molecule has 0 saturated carbocycles. The van der Waals surface area contributed by atoms with E-state index in [1.807, 2.05) is 37.3 Å². The number of amides is 1. The second-order valence-electron chi connectivity index (χ2n) is 7.68. The highest BCUT2D eigenvalue weighted by Crippen LogP contribution is 2.34. The van der Waals surface area contributed by atoms with Crippen molar-refractivity contribution in [1.29, 1.82) is 0 Å². The van der Waals surface area contributed by atoms with Gasteiger partial charge in [0.2, 0.25) is 0 Å². The Morgan fingerprint density at radius 3 is 2.15 bits per heavy atom. The van der Waals surface area contributed by atoms with E-state index in [-0.39, 0.29) is 12.4 Å². The lowest BCUT2D eigenvalue weighted by Crippen LogP contribution is -2.14. The zero-order chi connectivity index (χ0) is 24.0. The van der Waals surface area contributed by atoms with Crippen molar-refractivity contribution in [1.82, 2.24) is 4.57 Å². The number of aryl methyl sites for hydroxylation is 1. The van der Waals surface area contributed by atoms with Gasteiger partial charge >= 0.3 is 11.9 Å². The fraction of sp³-hybridized carbons (Fsp3) is 0.269. The molecule has 3 aromatic rings. The van der Waals surface area contributed by atoms with E-state index in [0.29, 0.717) is 29.7 Å². The zero-order valence-corrected chi connectivity index (χ0v) is 19.1. The topological polar surface area (TPSA) is 101 Å². The quantitative estimate of drug-likeness (QED) is 0.503. The average molecular weight is 449 g/mol. The van der Waals surface area contributed by atoms with E-state index < -0.39 is 11.9 Å². The number of carbonyl (C=O) groups excluding carboxylic acids is 3. The first-order valence-electron chi connectivity index (χ1n) is 10.7. The van der Waals surface area contributed by atoms with Gasteiger partial charge in [0.05, 0.1) is 31.8 Å². The molecule has 3 rings (SSSR count). The van der Waals surface area contributed by atoms with Crippen LogP contribution in [-0.4, -0.2) is 36.6 Å². The number of primary amides is 1. The van der Waals surface area contributed by atoms with Gasteiger partial charge in [0, 0.05) is 23.5 Å². The Morgan fingerprint density at radius 2 is 1.58 bits per heavy atom. The summed E-state index contributed by atoms with van der Waals surface area (Å²) in [5.74, 6) is -1.33. The average Bonchev–Trinajstić information content (AvgIpc) is 3.12. The second-order valence-corrected chi connectivity index (χ2v) is 7.68. The number of ether oxygens (including phenoxy) is 2. The van der Waals surface area contributed by atoms with E-state index in [1.54, 1.807) is 24.3 Å². The van der Waals surface area contributed by atoms with E-state index in [0.717, 1.165) is 28.9 Å². The van der Waals surface area contributed by atoms with Crippen molar-refractivity contribution in [2.75, 3.05) is 14.2 Å². The second kappa shape index (κ2) is 10.6. The largest absolute Gasteiger partial charge is 0.469 e. The summed E-state index contributed by atoms with van der Waals surface area (Å²) >= 11 is 0. The number of methoxy groups -OCH3 is 2. The molecule has 2 aromatic carbocycles. The maximum absolute atomic E-state index is 12.5. The molecule has 1 amide bonds. The molecule has 0 aliphatic heterocycles. The molecule has 7 nitrogen and oxygen atoms in total. The van der Waals surface area contributed by atoms with Crippen LogP contribution in [0.5, 0.6) is 0 Å². The Kier molecular flexibility index (Phi) is 7.66. The number of carbonyl (C=O) groups is 3. The van der Waals surface area contributed by atoms with Crippen molar-refractivity contribution in [2.24, 2.45) is 5.73 Å². The molecule has 0 aliphatic rings. The van der Waals surface area contributed by atoms with Gasteiger partial charge in [-0.2, -0.15) is 0 Å². The highest BCUT2D eigenvalue weighted by molar-refractivity contribution is 6.02. The lowest BCUT2D eigenvalue weighted by atomic mass is 9.97. The van der Waals surface area contributed by atoms with Crippen LogP contribution in [0.2, 0.25) is 0 Å². The molecule has 1 heterocycles. The van der Waals surface area contributed by atoms with Crippen molar-refractivity contribution in [3.05, 3.63) is 82.7 Å². The lowest BCUT2D eigenvalue weighted by Gasteiger charge is -2.13. The van der Waals surface area contributed by atoms with Gasteiger partial charge in [0.25, 0.3) is 5.91 Å². The summed E-state index contributed by atoms with van der Waals surface area (Å²) in [6.45, 7) is 2.48. The maximum atomic E-state index is 12.5. The van der Waals surface area contributed by atoms with Gasteiger partial charge in [-0.25, -0.2) is 4.79 Å². The van der Waals surface area contributed by atoms with Crippen molar-refractivity contribution >= 4 is 17.8 Å². The van der Waals surface area contributed by atoms with Crippen molar-refractivity contribution in [3.8, 4) is 11.1 Å². The lowest BCUT2D eigenvalue weighted by molar-refractivity contribution is -0.140. The third-order valence-corrected chi connectivity index (χ3v) is 5.73. The summed E-state index contributed by atoms with van der Waals surface area (Å²) < 4.78 is 11.7. The minimum absolute atomic E-state index is 0.163. The molecule has 0 unspecified atom stereocenters. The Morgan fingerprint density at radius 1 is 0.909 bits per heavy atom. The summed E-state index contributed by atoms with van der Waals surface area (Å²) in [4.78, 5) is 36.3. The fourth-order valence-electron chi connectivity index (χ4n) is 4.07. The van der Waals surface area contributed by atoms with Crippen LogP contribution in [0.25, 0.3) is 11.1 Å². The van der Waals surface area contributed by atoms with Crippen LogP contribution < -0.4 is 5.73 Å². The minimum Gasteiger partial charge on any atom is -0.469 e. The normalized spacial score (nSPS) is 10.6. The first kappa shape index (κ1) is 23.8. The van der Waals surface area contributed by atoms with Gasteiger partial charge in [-0.3, -0.25) is 9.59 Å². The molecular formula is C26H28N2O5. The van der Waals surface area contributed by atoms with Gasteiger partial charge in [0.15, 0.2) is 0 Å². The molecule has 0 saturated heterocycles. The highest BCUT2D eigenvalue weighted by Gasteiger charge is 2.25. The number of nitrogens with two attached hydrogens (primary N) is 1. The molecule has 0 atom stereocenters. The van der Waals surface area contributed by atoms with E-state index in [4.69, 9.17) is 15.2 Å². The summed E-state index contributed by atoms with van der Waals surface area (Å²) in [6, 6.07) is 16.8. The van der Waals surface area contributed by atoms with E-state index in [2.05, 4.69) is 4.57 Å². The molecule has 0 radical (unpaired) electrons. The molecule has 7 heteroatoms. The van der Waals surface area contributed by atoms with Crippen LogP contribution in [0.1, 0.15) is 44.1 Å². The highest BCUT2D eigenvalue weighted by atomic mass is 16.5. The van der Waals surface area contributed by atoms with Crippen LogP contribution in [0.15, 0.2) is 54.6 Å². The first-order valence-corrected chi connectivity index (χ1v) is 10.7. The molecule has 0 bridgehead atoms. The van der Waals surface area contributed by atoms with Gasteiger partial charge < -0.3 is 19.8 Å². The number of aromatic nitrogens is 1. The van der Waals surface area contributed by atoms with Gasteiger partial charge in [0.1, 0.15) is 0 Å². The maximum Gasteiger partial charge on any atom is 0.337 e. The van der Waals surface area contributed by atoms with Crippen LogP contribution >= 0.6 is 0 Å². The van der Waals surface area contributed by atoms with Crippen LogP contribution in [-0.2, 0) is 33.7 Å². The minimum atomic E-state index is -0.544. The first-order chi connectivity index (χ1) is 15.9. The Bertz CT molecular complexity index is 1150. The number of hydrogen-bond donors (Lipinski definition) is 1. The Balaban J connectivity index is 2.11. The van der Waals surface area contributed by atoms with Crippen LogP contribution in [0, 0.1) is 6.92 Å². The smallest absolute Gasteiger partial charge is 0.337 e. The van der Waals surface area contributed by atoms with E-state index in [1.165, 1.54) is 14.2 Å². The molecule has 172 valence electrons. The molecule has 33 heavy (non-hydrogen) atoms. The number of rotatable bonds is 9. The van der Waals surface area contributed by atoms with E-state index >= 15 is 0 Å². The molecule has 0 fully saturated rings. The third kappa shape index (κ3) is 5.31.